The molecule has 134 valence electrons. The molecule has 0 saturated heterocycles. The number of aromatic nitrogens is 2. The zero-order valence-corrected chi connectivity index (χ0v) is 15.7. The van der Waals surface area contributed by atoms with Crippen LogP contribution in [0.25, 0.3) is 10.9 Å². The number of carbonyl (C=O) groups excluding carboxylic acids is 1. The summed E-state index contributed by atoms with van der Waals surface area (Å²) in [4.78, 5) is 29.3. The van der Waals surface area contributed by atoms with Crippen molar-refractivity contribution in [3.8, 4) is 0 Å². The Balaban J connectivity index is 1.87. The predicted octanol–water partition coefficient (Wildman–Crippen LogP) is 3.99. The fourth-order valence-corrected chi connectivity index (χ4v) is 3.01. The van der Waals surface area contributed by atoms with Crippen molar-refractivity contribution in [3.05, 3.63) is 69.7 Å². The number of hydrogen-bond acceptors (Lipinski definition) is 3. The standard InChI is InChI=1S/C20H20ClN3O2/c1-20(2,3)15-6-4-5-7-17(15)23-18(25)11-24-12-22-16-9-8-13(21)10-14(16)19(24)26/h4-10,12H,11H2,1-3H3,(H,23,25). The van der Waals surface area contributed by atoms with Gasteiger partial charge in [-0.2, -0.15) is 0 Å². The second-order valence-corrected chi connectivity index (χ2v) is 7.62. The van der Waals surface area contributed by atoms with Crippen molar-refractivity contribution in [2.24, 2.45) is 0 Å². The molecule has 0 radical (unpaired) electrons. The third-order valence-corrected chi connectivity index (χ3v) is 4.34. The van der Waals surface area contributed by atoms with Gasteiger partial charge in [0, 0.05) is 10.7 Å². The highest BCUT2D eigenvalue weighted by molar-refractivity contribution is 6.31. The van der Waals surface area contributed by atoms with Gasteiger partial charge in [-0.05, 0) is 35.2 Å². The summed E-state index contributed by atoms with van der Waals surface area (Å²) in [6.07, 6.45) is 1.38. The lowest BCUT2D eigenvalue weighted by Gasteiger charge is -2.23. The molecule has 5 nitrogen and oxygen atoms in total. The van der Waals surface area contributed by atoms with Gasteiger partial charge in [0.25, 0.3) is 5.56 Å². The smallest absolute Gasteiger partial charge is 0.261 e. The fraction of sp³-hybridized carbons (Fsp3) is 0.250. The van der Waals surface area contributed by atoms with E-state index in [1.165, 1.54) is 10.9 Å². The van der Waals surface area contributed by atoms with Crippen molar-refractivity contribution in [1.82, 2.24) is 9.55 Å². The minimum atomic E-state index is -0.295. The van der Waals surface area contributed by atoms with Crippen LogP contribution in [0, 0.1) is 0 Å². The molecule has 0 fully saturated rings. The minimum Gasteiger partial charge on any atom is -0.324 e. The zero-order chi connectivity index (χ0) is 18.9. The van der Waals surface area contributed by atoms with E-state index in [2.05, 4.69) is 31.1 Å². The quantitative estimate of drug-likeness (QED) is 0.759. The molecule has 0 bridgehead atoms. The van der Waals surface area contributed by atoms with Crippen molar-refractivity contribution in [2.45, 2.75) is 32.7 Å². The molecule has 0 atom stereocenters. The number of para-hydroxylation sites is 1. The van der Waals surface area contributed by atoms with E-state index in [-0.39, 0.29) is 23.4 Å². The summed E-state index contributed by atoms with van der Waals surface area (Å²) in [6, 6.07) is 12.6. The molecular weight excluding hydrogens is 350 g/mol. The Bertz CT molecular complexity index is 1040. The maximum atomic E-state index is 12.6. The molecule has 26 heavy (non-hydrogen) atoms. The first-order chi connectivity index (χ1) is 12.3. The Hall–Kier alpha value is -2.66. The summed E-state index contributed by atoms with van der Waals surface area (Å²) < 4.78 is 1.29. The lowest BCUT2D eigenvalue weighted by Crippen LogP contribution is -2.28. The van der Waals surface area contributed by atoms with Gasteiger partial charge in [-0.1, -0.05) is 50.6 Å². The van der Waals surface area contributed by atoms with Gasteiger partial charge in [0.05, 0.1) is 17.2 Å². The Morgan fingerprint density at radius 2 is 1.92 bits per heavy atom. The van der Waals surface area contributed by atoms with Crippen LogP contribution >= 0.6 is 11.6 Å². The van der Waals surface area contributed by atoms with E-state index in [0.717, 1.165) is 11.3 Å². The van der Waals surface area contributed by atoms with Gasteiger partial charge < -0.3 is 5.32 Å². The highest BCUT2D eigenvalue weighted by Crippen LogP contribution is 2.29. The molecule has 0 aliphatic carbocycles. The molecule has 0 spiro atoms. The summed E-state index contributed by atoms with van der Waals surface area (Å²) >= 11 is 5.96. The van der Waals surface area contributed by atoms with Crippen molar-refractivity contribution in [2.75, 3.05) is 5.32 Å². The molecule has 1 heterocycles. The number of benzene rings is 2. The summed E-state index contributed by atoms with van der Waals surface area (Å²) in [5.74, 6) is -0.285. The topological polar surface area (TPSA) is 64.0 Å². The highest BCUT2D eigenvalue weighted by Gasteiger charge is 2.18. The van der Waals surface area contributed by atoms with E-state index in [9.17, 15) is 9.59 Å². The van der Waals surface area contributed by atoms with Crippen molar-refractivity contribution in [1.29, 1.82) is 0 Å². The molecule has 6 heteroatoms. The molecular formula is C20H20ClN3O2. The first-order valence-electron chi connectivity index (χ1n) is 8.30. The van der Waals surface area contributed by atoms with Crippen LogP contribution < -0.4 is 10.9 Å². The normalized spacial score (nSPS) is 11.5. The Morgan fingerprint density at radius 1 is 1.19 bits per heavy atom. The number of amides is 1. The second kappa shape index (κ2) is 6.92. The van der Waals surface area contributed by atoms with Crippen LogP contribution in [0.15, 0.2) is 53.6 Å². The Morgan fingerprint density at radius 3 is 2.65 bits per heavy atom. The molecule has 0 saturated carbocycles. The van der Waals surface area contributed by atoms with Gasteiger partial charge in [-0.15, -0.1) is 0 Å². The van der Waals surface area contributed by atoms with E-state index < -0.39 is 0 Å². The third kappa shape index (κ3) is 3.78. The lowest BCUT2D eigenvalue weighted by atomic mass is 9.86. The lowest BCUT2D eigenvalue weighted by molar-refractivity contribution is -0.116. The molecule has 1 N–H and O–H groups in total. The Kier molecular flexibility index (Phi) is 4.83. The van der Waals surface area contributed by atoms with Crippen LogP contribution in [-0.4, -0.2) is 15.5 Å². The molecule has 0 aliphatic heterocycles. The van der Waals surface area contributed by atoms with Gasteiger partial charge in [-0.3, -0.25) is 14.2 Å². The molecule has 0 unspecified atom stereocenters. The molecule has 0 aliphatic rings. The van der Waals surface area contributed by atoms with Crippen molar-refractivity contribution >= 4 is 34.1 Å². The number of rotatable bonds is 3. The van der Waals surface area contributed by atoms with Gasteiger partial charge in [0.1, 0.15) is 6.54 Å². The molecule has 3 rings (SSSR count). The first kappa shape index (κ1) is 18.1. The number of carbonyl (C=O) groups is 1. The summed E-state index contributed by atoms with van der Waals surface area (Å²) in [5.41, 5.74) is 1.92. The second-order valence-electron chi connectivity index (χ2n) is 7.18. The maximum absolute atomic E-state index is 12.6. The van der Waals surface area contributed by atoms with E-state index in [1.807, 2.05) is 24.3 Å². The van der Waals surface area contributed by atoms with Gasteiger partial charge in [0.2, 0.25) is 5.91 Å². The van der Waals surface area contributed by atoms with Crippen LogP contribution in [0.1, 0.15) is 26.3 Å². The highest BCUT2D eigenvalue weighted by atomic mass is 35.5. The van der Waals surface area contributed by atoms with Crippen molar-refractivity contribution in [3.63, 3.8) is 0 Å². The molecule has 2 aromatic carbocycles. The van der Waals surface area contributed by atoms with Gasteiger partial charge in [-0.25, -0.2) is 4.98 Å². The molecule has 3 aromatic rings. The number of nitrogens with one attached hydrogen (secondary N) is 1. The minimum absolute atomic E-state index is 0.109. The van der Waals surface area contributed by atoms with Crippen LogP contribution in [0.5, 0.6) is 0 Å². The predicted molar refractivity (Wildman–Crippen MR) is 105 cm³/mol. The number of nitrogens with zero attached hydrogens (tertiary/aromatic N) is 2. The van der Waals surface area contributed by atoms with Crippen LogP contribution in [0.3, 0.4) is 0 Å². The summed E-state index contributed by atoms with van der Waals surface area (Å²) in [7, 11) is 0. The Labute approximate surface area is 156 Å². The van der Waals surface area contributed by atoms with E-state index in [0.29, 0.717) is 15.9 Å². The third-order valence-electron chi connectivity index (χ3n) is 4.11. The van der Waals surface area contributed by atoms with E-state index in [1.54, 1.807) is 18.2 Å². The largest absolute Gasteiger partial charge is 0.324 e. The average molecular weight is 370 g/mol. The van der Waals surface area contributed by atoms with E-state index in [4.69, 9.17) is 11.6 Å². The van der Waals surface area contributed by atoms with Crippen LogP contribution in [-0.2, 0) is 16.8 Å². The number of fused-ring (bicyclic) bond motifs is 1. The SMILES string of the molecule is CC(C)(C)c1ccccc1NC(=O)Cn1cnc2ccc(Cl)cc2c1=O. The number of halogens is 1. The summed E-state index contributed by atoms with van der Waals surface area (Å²) in [6.45, 7) is 6.13. The molecule has 1 aromatic heterocycles. The average Bonchev–Trinajstić information content (AvgIpc) is 2.57. The fourth-order valence-electron chi connectivity index (χ4n) is 2.83. The zero-order valence-electron chi connectivity index (χ0n) is 14.9. The number of anilines is 1. The maximum Gasteiger partial charge on any atom is 0.261 e. The van der Waals surface area contributed by atoms with E-state index >= 15 is 0 Å². The first-order valence-corrected chi connectivity index (χ1v) is 8.67. The van der Waals surface area contributed by atoms with Gasteiger partial charge >= 0.3 is 0 Å². The van der Waals surface area contributed by atoms with Gasteiger partial charge in [0.15, 0.2) is 0 Å². The number of hydrogen-bond donors (Lipinski definition) is 1. The van der Waals surface area contributed by atoms with Crippen LogP contribution in [0.4, 0.5) is 5.69 Å². The monoisotopic (exact) mass is 369 g/mol. The van der Waals surface area contributed by atoms with Crippen molar-refractivity contribution < 1.29 is 4.79 Å². The molecule has 1 amide bonds. The van der Waals surface area contributed by atoms with Crippen LogP contribution in [0.2, 0.25) is 5.02 Å². The summed E-state index contributed by atoms with van der Waals surface area (Å²) in [5, 5.41) is 3.75.